The van der Waals surface area contributed by atoms with Gasteiger partial charge in [0.2, 0.25) is 0 Å². The van der Waals surface area contributed by atoms with E-state index in [2.05, 4.69) is 5.32 Å². The predicted molar refractivity (Wildman–Crippen MR) is 44.1 cm³/mol. The first-order chi connectivity index (χ1) is 5.20. The second-order valence-corrected chi connectivity index (χ2v) is 2.73. The summed E-state index contributed by atoms with van der Waals surface area (Å²) in [5.41, 5.74) is 0. The van der Waals surface area contributed by atoms with E-state index >= 15 is 0 Å². The van der Waals surface area contributed by atoms with Crippen molar-refractivity contribution in [2.45, 2.75) is 24.3 Å². The molecule has 1 fully saturated rings. The highest BCUT2D eigenvalue weighted by Crippen LogP contribution is 2.13. The van der Waals surface area contributed by atoms with Gasteiger partial charge in [-0.1, -0.05) is 0 Å². The molecule has 1 saturated heterocycles. The molecule has 1 heterocycles. The van der Waals surface area contributed by atoms with Crippen LogP contribution in [0.3, 0.4) is 0 Å². The molecular weight excluding hydrogens is 186 g/mol. The molecule has 0 spiro atoms. The minimum absolute atomic E-state index is 0. The van der Waals surface area contributed by atoms with E-state index in [1.807, 2.05) is 0 Å². The van der Waals surface area contributed by atoms with Crippen molar-refractivity contribution in [2.75, 3.05) is 13.2 Å². The monoisotopic (exact) mass is 199 g/mol. The smallest absolute Gasteiger partial charge is 0.0990 e. The van der Waals surface area contributed by atoms with Crippen LogP contribution >= 0.6 is 12.4 Å². The van der Waals surface area contributed by atoms with Crippen molar-refractivity contribution < 1.29 is 20.4 Å². The number of aliphatic hydroxyl groups is 4. The lowest BCUT2D eigenvalue weighted by Gasteiger charge is -2.12. The number of halogens is 1. The highest BCUT2D eigenvalue weighted by atomic mass is 35.5. The van der Waals surface area contributed by atoms with Gasteiger partial charge < -0.3 is 25.7 Å². The summed E-state index contributed by atoms with van der Waals surface area (Å²) in [7, 11) is 0. The molecule has 0 unspecified atom stereocenters. The maximum atomic E-state index is 9.18. The molecule has 1 aliphatic heterocycles. The fraction of sp³-hybridized carbons (Fsp3) is 1.00. The summed E-state index contributed by atoms with van der Waals surface area (Å²) >= 11 is 0. The topological polar surface area (TPSA) is 93.0 Å². The molecule has 5 N–H and O–H groups in total. The van der Waals surface area contributed by atoms with Crippen LogP contribution in [-0.4, -0.2) is 57.9 Å². The Morgan fingerprint density at radius 3 is 1.42 bits per heavy atom. The van der Waals surface area contributed by atoms with E-state index in [4.69, 9.17) is 10.2 Å². The lowest BCUT2D eigenvalue weighted by atomic mass is 10.1. The first-order valence-corrected chi connectivity index (χ1v) is 3.54. The van der Waals surface area contributed by atoms with E-state index in [1.54, 1.807) is 0 Å². The van der Waals surface area contributed by atoms with Crippen LogP contribution in [0.4, 0.5) is 0 Å². The Morgan fingerprint density at radius 1 is 0.917 bits per heavy atom. The lowest BCUT2D eigenvalue weighted by molar-refractivity contribution is 0.0130. The van der Waals surface area contributed by atoms with Gasteiger partial charge in [0.25, 0.3) is 0 Å². The van der Waals surface area contributed by atoms with Gasteiger partial charge in [0.15, 0.2) is 0 Å². The summed E-state index contributed by atoms with van der Waals surface area (Å²) in [6.07, 6.45) is -1.98. The zero-order valence-electron chi connectivity index (χ0n) is 6.42. The number of aliphatic hydroxyl groups excluding tert-OH is 4. The highest BCUT2D eigenvalue weighted by molar-refractivity contribution is 5.85. The number of hydrogen-bond donors (Lipinski definition) is 5. The van der Waals surface area contributed by atoms with Crippen LogP contribution in [-0.2, 0) is 0 Å². The molecule has 0 amide bonds. The molecule has 5 nitrogen and oxygen atoms in total. The summed E-state index contributed by atoms with van der Waals surface area (Å²) < 4.78 is 0. The van der Waals surface area contributed by atoms with Crippen LogP contribution in [0.2, 0.25) is 0 Å². The summed E-state index contributed by atoms with van der Waals surface area (Å²) in [5, 5.41) is 38.3. The van der Waals surface area contributed by atoms with Gasteiger partial charge in [-0.15, -0.1) is 12.4 Å². The Kier molecular flexibility index (Phi) is 5.00. The minimum atomic E-state index is -0.989. The molecule has 0 bridgehead atoms. The molecule has 1 aliphatic rings. The third-order valence-electron chi connectivity index (χ3n) is 2.00. The fourth-order valence-corrected chi connectivity index (χ4v) is 1.27. The molecule has 74 valence electrons. The number of rotatable bonds is 2. The quantitative estimate of drug-likeness (QED) is 0.338. The van der Waals surface area contributed by atoms with Crippen molar-refractivity contribution in [3.05, 3.63) is 0 Å². The molecular formula is C6H14ClNO4. The Labute approximate surface area is 76.4 Å². The van der Waals surface area contributed by atoms with Gasteiger partial charge in [0.1, 0.15) is 0 Å². The zero-order valence-corrected chi connectivity index (χ0v) is 7.24. The Morgan fingerprint density at radius 2 is 1.25 bits per heavy atom. The summed E-state index contributed by atoms with van der Waals surface area (Å²) in [4.78, 5) is 0. The molecule has 0 aromatic rings. The normalized spacial score (nSPS) is 41.0. The molecule has 6 heteroatoms. The van der Waals surface area contributed by atoms with Crippen molar-refractivity contribution in [1.29, 1.82) is 0 Å². The summed E-state index contributed by atoms with van der Waals surface area (Å²) in [5.74, 6) is 0. The van der Waals surface area contributed by atoms with Gasteiger partial charge in [-0.2, -0.15) is 0 Å². The SMILES string of the molecule is Cl.OC[C@@H]1N[C@@H](CO)[C@@H](O)[C@@H]1O. The summed E-state index contributed by atoms with van der Waals surface area (Å²) in [6.45, 7) is -0.483. The van der Waals surface area contributed by atoms with Gasteiger partial charge in [-0.3, -0.25) is 0 Å². The van der Waals surface area contributed by atoms with E-state index in [0.29, 0.717) is 0 Å². The van der Waals surface area contributed by atoms with Crippen molar-refractivity contribution in [1.82, 2.24) is 5.32 Å². The Balaban J connectivity index is 0.00000121. The lowest BCUT2D eigenvalue weighted by Crippen LogP contribution is -2.37. The van der Waals surface area contributed by atoms with Crippen molar-refractivity contribution >= 4 is 12.4 Å². The molecule has 4 atom stereocenters. The molecule has 12 heavy (non-hydrogen) atoms. The second kappa shape index (κ2) is 4.96. The average molecular weight is 200 g/mol. The zero-order chi connectivity index (χ0) is 8.43. The molecule has 0 aliphatic carbocycles. The third-order valence-corrected chi connectivity index (χ3v) is 2.00. The first-order valence-electron chi connectivity index (χ1n) is 3.54. The Hall–Kier alpha value is 0.0900. The Bertz CT molecular complexity index is 119. The maximum Gasteiger partial charge on any atom is 0.0990 e. The molecule has 0 aromatic heterocycles. The molecule has 0 radical (unpaired) electrons. The van der Waals surface area contributed by atoms with Gasteiger partial charge in [-0.05, 0) is 0 Å². The highest BCUT2D eigenvalue weighted by Gasteiger charge is 2.39. The van der Waals surface area contributed by atoms with Crippen LogP contribution in [0.15, 0.2) is 0 Å². The van der Waals surface area contributed by atoms with Gasteiger partial charge >= 0.3 is 0 Å². The van der Waals surface area contributed by atoms with E-state index in [1.165, 1.54) is 0 Å². The fourth-order valence-electron chi connectivity index (χ4n) is 1.27. The van der Waals surface area contributed by atoms with E-state index < -0.39 is 24.3 Å². The van der Waals surface area contributed by atoms with Crippen molar-refractivity contribution in [2.24, 2.45) is 0 Å². The molecule has 0 aromatic carbocycles. The largest absolute Gasteiger partial charge is 0.395 e. The first kappa shape index (κ1) is 12.1. The average Bonchev–Trinajstić information content (AvgIpc) is 2.30. The van der Waals surface area contributed by atoms with E-state index in [0.717, 1.165) is 0 Å². The molecule has 0 saturated carbocycles. The van der Waals surface area contributed by atoms with E-state index in [9.17, 15) is 10.2 Å². The van der Waals surface area contributed by atoms with Gasteiger partial charge in [-0.25, -0.2) is 0 Å². The number of nitrogens with one attached hydrogen (secondary N) is 1. The van der Waals surface area contributed by atoms with Gasteiger partial charge in [0.05, 0.1) is 37.5 Å². The van der Waals surface area contributed by atoms with Crippen LogP contribution in [0.25, 0.3) is 0 Å². The van der Waals surface area contributed by atoms with Crippen molar-refractivity contribution in [3.63, 3.8) is 0 Å². The second-order valence-electron chi connectivity index (χ2n) is 2.73. The van der Waals surface area contributed by atoms with Gasteiger partial charge in [0, 0.05) is 0 Å². The van der Waals surface area contributed by atoms with Crippen molar-refractivity contribution in [3.8, 4) is 0 Å². The standard InChI is InChI=1S/C6H13NO4.ClH/c8-1-3-5(10)6(11)4(2-9)7-3;/h3-11H,1-2H2;1H/t3-,4-,5+,6+;/m0./s1. The predicted octanol–water partition coefficient (Wildman–Crippen LogP) is -2.54. The maximum absolute atomic E-state index is 9.18. The number of hydrogen-bond acceptors (Lipinski definition) is 5. The van der Waals surface area contributed by atoms with E-state index in [-0.39, 0.29) is 25.6 Å². The third kappa shape index (κ3) is 2.07. The summed E-state index contributed by atoms with van der Waals surface area (Å²) in [6, 6.07) is -1.05. The van der Waals surface area contributed by atoms with Crippen LogP contribution in [0.1, 0.15) is 0 Å². The van der Waals surface area contributed by atoms with Crippen LogP contribution in [0.5, 0.6) is 0 Å². The molecule has 1 rings (SSSR count). The minimum Gasteiger partial charge on any atom is -0.395 e. The van der Waals surface area contributed by atoms with Crippen LogP contribution < -0.4 is 5.32 Å². The van der Waals surface area contributed by atoms with Crippen LogP contribution in [0, 0.1) is 0 Å².